The third-order valence-electron chi connectivity index (χ3n) is 2.05. The smallest absolute Gasteiger partial charge is 0.151 e. The number of fused-ring (bicyclic) bond motifs is 1. The highest BCUT2D eigenvalue weighted by molar-refractivity contribution is 7.17. The number of carbonyl (C=O) groups excluding carboxylic acids is 1. The van der Waals surface area contributed by atoms with Crippen LogP contribution in [0.25, 0.3) is 10.1 Å². The van der Waals surface area contributed by atoms with Crippen molar-refractivity contribution in [2.45, 2.75) is 6.61 Å². The number of aldehydes is 1. The molecule has 2 rings (SSSR count). The van der Waals surface area contributed by atoms with Gasteiger partial charge in [0.1, 0.15) is 5.75 Å². The van der Waals surface area contributed by atoms with Gasteiger partial charge in [-0.15, -0.1) is 11.3 Å². The molecule has 0 amide bonds. The molecule has 1 aromatic heterocycles. The maximum Gasteiger partial charge on any atom is 0.151 e. The minimum atomic E-state index is -0.113. The van der Waals surface area contributed by atoms with E-state index in [0.717, 1.165) is 11.0 Å². The zero-order valence-corrected chi connectivity index (χ0v) is 8.04. The van der Waals surface area contributed by atoms with Crippen LogP contribution >= 0.6 is 11.3 Å². The predicted octanol–water partition coefficient (Wildman–Crippen LogP) is 1.91. The highest BCUT2D eigenvalue weighted by Crippen LogP contribution is 2.33. The number of phenolic OH excluding ortho intramolecular Hbond substituents is 1. The number of carbonyl (C=O) groups is 1. The van der Waals surface area contributed by atoms with Crippen molar-refractivity contribution in [3.8, 4) is 5.75 Å². The van der Waals surface area contributed by atoms with Crippen LogP contribution < -0.4 is 0 Å². The average Bonchev–Trinajstić information content (AvgIpc) is 2.61. The van der Waals surface area contributed by atoms with Gasteiger partial charge in [0.05, 0.1) is 6.61 Å². The zero-order valence-electron chi connectivity index (χ0n) is 7.23. The molecule has 1 aromatic carbocycles. The van der Waals surface area contributed by atoms with Crippen LogP contribution in [-0.2, 0) is 6.61 Å². The lowest BCUT2D eigenvalue weighted by Gasteiger charge is -2.00. The fraction of sp³-hybridized carbons (Fsp3) is 0.100. The summed E-state index contributed by atoms with van der Waals surface area (Å²) in [6.45, 7) is -0.113. The van der Waals surface area contributed by atoms with Crippen LogP contribution in [-0.4, -0.2) is 16.5 Å². The van der Waals surface area contributed by atoms with Gasteiger partial charge in [-0.2, -0.15) is 0 Å². The second-order valence-corrected chi connectivity index (χ2v) is 3.87. The van der Waals surface area contributed by atoms with Gasteiger partial charge < -0.3 is 10.2 Å². The standard InChI is InChI=1S/C10H8O3S/c11-3-6-1-8(13)10-7(4-12)5-14-9(10)2-6/h1-2,4-5,11,13H,3H2. The van der Waals surface area contributed by atoms with E-state index in [1.807, 2.05) is 0 Å². The highest BCUT2D eigenvalue weighted by atomic mass is 32.1. The largest absolute Gasteiger partial charge is 0.507 e. The minimum Gasteiger partial charge on any atom is -0.507 e. The monoisotopic (exact) mass is 208 g/mol. The van der Waals surface area contributed by atoms with Gasteiger partial charge in [0, 0.05) is 21.0 Å². The Kier molecular flexibility index (Phi) is 2.23. The van der Waals surface area contributed by atoms with Crippen LogP contribution in [0, 0.1) is 0 Å². The number of aliphatic hydroxyl groups excluding tert-OH is 1. The molecule has 72 valence electrons. The summed E-state index contributed by atoms with van der Waals surface area (Å²) in [6.07, 6.45) is 0.719. The fourth-order valence-corrected chi connectivity index (χ4v) is 2.39. The second-order valence-electron chi connectivity index (χ2n) is 2.96. The first kappa shape index (κ1) is 9.18. The summed E-state index contributed by atoms with van der Waals surface area (Å²) in [5, 5.41) is 20.8. The molecule has 3 nitrogen and oxygen atoms in total. The number of benzene rings is 1. The maximum atomic E-state index is 10.6. The molecule has 0 saturated heterocycles. The Bertz CT molecular complexity index is 487. The van der Waals surface area contributed by atoms with E-state index in [9.17, 15) is 9.90 Å². The SMILES string of the molecule is O=Cc1csc2cc(CO)cc(O)c12. The Morgan fingerprint density at radius 1 is 1.43 bits per heavy atom. The predicted molar refractivity (Wildman–Crippen MR) is 54.8 cm³/mol. The van der Waals surface area contributed by atoms with Crippen molar-refractivity contribution < 1.29 is 15.0 Å². The van der Waals surface area contributed by atoms with E-state index < -0.39 is 0 Å². The van der Waals surface area contributed by atoms with Crippen LogP contribution in [0.2, 0.25) is 0 Å². The van der Waals surface area contributed by atoms with Gasteiger partial charge in [-0.25, -0.2) is 0 Å². The molecular formula is C10H8O3S. The quantitative estimate of drug-likeness (QED) is 0.741. The van der Waals surface area contributed by atoms with Crippen molar-refractivity contribution >= 4 is 27.7 Å². The van der Waals surface area contributed by atoms with Gasteiger partial charge in [-0.05, 0) is 17.7 Å². The van der Waals surface area contributed by atoms with Crippen molar-refractivity contribution in [3.05, 3.63) is 28.6 Å². The average molecular weight is 208 g/mol. The number of phenols is 1. The highest BCUT2D eigenvalue weighted by Gasteiger charge is 2.09. The van der Waals surface area contributed by atoms with E-state index in [0.29, 0.717) is 16.5 Å². The number of hydrogen-bond acceptors (Lipinski definition) is 4. The van der Waals surface area contributed by atoms with Crippen LogP contribution in [0.4, 0.5) is 0 Å². The molecule has 14 heavy (non-hydrogen) atoms. The molecule has 0 atom stereocenters. The van der Waals surface area contributed by atoms with E-state index >= 15 is 0 Å². The normalized spacial score (nSPS) is 10.6. The van der Waals surface area contributed by atoms with Crippen molar-refractivity contribution in [2.75, 3.05) is 0 Å². The topological polar surface area (TPSA) is 57.5 Å². The van der Waals surface area contributed by atoms with Crippen LogP contribution in [0.15, 0.2) is 17.5 Å². The van der Waals surface area contributed by atoms with E-state index in [1.54, 1.807) is 11.4 Å². The number of hydrogen-bond donors (Lipinski definition) is 2. The molecule has 1 heterocycles. The Balaban J connectivity index is 2.78. The Hall–Kier alpha value is -1.39. The summed E-state index contributed by atoms with van der Waals surface area (Å²) in [5.41, 5.74) is 1.14. The summed E-state index contributed by atoms with van der Waals surface area (Å²) in [5.74, 6) is 0.0508. The van der Waals surface area contributed by atoms with Crippen molar-refractivity contribution in [1.29, 1.82) is 0 Å². The minimum absolute atomic E-state index is 0.0508. The lowest BCUT2D eigenvalue weighted by molar-refractivity contribution is 0.112. The summed E-state index contributed by atoms with van der Waals surface area (Å²) in [4.78, 5) is 10.6. The molecule has 0 bridgehead atoms. The van der Waals surface area contributed by atoms with Gasteiger partial charge in [-0.3, -0.25) is 4.79 Å². The third-order valence-corrected chi connectivity index (χ3v) is 3.00. The number of thiophene rings is 1. The molecule has 0 aliphatic heterocycles. The van der Waals surface area contributed by atoms with E-state index in [4.69, 9.17) is 5.11 Å². The zero-order chi connectivity index (χ0) is 10.1. The second kappa shape index (κ2) is 3.40. The van der Waals surface area contributed by atoms with E-state index in [-0.39, 0.29) is 12.4 Å². The molecule has 0 unspecified atom stereocenters. The molecule has 2 N–H and O–H groups in total. The molecule has 0 saturated carbocycles. The summed E-state index contributed by atoms with van der Waals surface area (Å²) in [7, 11) is 0. The van der Waals surface area contributed by atoms with Gasteiger partial charge >= 0.3 is 0 Å². The Morgan fingerprint density at radius 3 is 2.86 bits per heavy atom. The molecular weight excluding hydrogens is 200 g/mol. The molecule has 4 heteroatoms. The van der Waals surface area contributed by atoms with Gasteiger partial charge in [0.15, 0.2) is 6.29 Å². The van der Waals surface area contributed by atoms with Gasteiger partial charge in [0.25, 0.3) is 0 Å². The number of rotatable bonds is 2. The first-order valence-electron chi connectivity index (χ1n) is 4.05. The molecule has 0 aliphatic carbocycles. The molecule has 0 fully saturated rings. The van der Waals surface area contributed by atoms with Crippen molar-refractivity contribution in [3.63, 3.8) is 0 Å². The van der Waals surface area contributed by atoms with Crippen molar-refractivity contribution in [2.24, 2.45) is 0 Å². The fourth-order valence-electron chi connectivity index (χ4n) is 1.40. The summed E-state index contributed by atoms with van der Waals surface area (Å²) in [6, 6.07) is 3.24. The Morgan fingerprint density at radius 2 is 2.21 bits per heavy atom. The van der Waals surface area contributed by atoms with Gasteiger partial charge in [0.2, 0.25) is 0 Å². The van der Waals surface area contributed by atoms with Gasteiger partial charge in [-0.1, -0.05) is 0 Å². The van der Waals surface area contributed by atoms with E-state index in [2.05, 4.69) is 0 Å². The Labute approximate surface area is 84.2 Å². The lowest BCUT2D eigenvalue weighted by Crippen LogP contribution is -1.83. The van der Waals surface area contributed by atoms with Crippen LogP contribution in [0.5, 0.6) is 5.75 Å². The molecule has 0 radical (unpaired) electrons. The first-order chi connectivity index (χ1) is 6.76. The third kappa shape index (κ3) is 1.29. The summed E-state index contributed by atoms with van der Waals surface area (Å²) < 4.78 is 0.816. The summed E-state index contributed by atoms with van der Waals surface area (Å²) >= 11 is 1.38. The first-order valence-corrected chi connectivity index (χ1v) is 4.93. The molecule has 0 aliphatic rings. The number of aromatic hydroxyl groups is 1. The molecule has 0 spiro atoms. The van der Waals surface area contributed by atoms with E-state index in [1.165, 1.54) is 17.4 Å². The number of aliphatic hydroxyl groups is 1. The van der Waals surface area contributed by atoms with Crippen LogP contribution in [0.1, 0.15) is 15.9 Å². The van der Waals surface area contributed by atoms with Crippen molar-refractivity contribution in [1.82, 2.24) is 0 Å². The maximum absolute atomic E-state index is 10.6. The molecule has 2 aromatic rings. The van der Waals surface area contributed by atoms with Crippen LogP contribution in [0.3, 0.4) is 0 Å². The lowest BCUT2D eigenvalue weighted by atomic mass is 10.1.